The van der Waals surface area contributed by atoms with Gasteiger partial charge in [-0.25, -0.2) is 4.79 Å². The van der Waals surface area contributed by atoms with E-state index in [2.05, 4.69) is 5.10 Å². The van der Waals surface area contributed by atoms with Crippen molar-refractivity contribution in [1.29, 1.82) is 0 Å². The number of ether oxygens (including phenoxy) is 1. The molecule has 2 heterocycles. The molecule has 3 rings (SSSR count). The van der Waals surface area contributed by atoms with Gasteiger partial charge >= 0.3 is 6.03 Å². The Kier molecular flexibility index (Phi) is 4.66. The van der Waals surface area contributed by atoms with Crippen LogP contribution in [0.25, 0.3) is 0 Å². The first-order chi connectivity index (χ1) is 11.1. The molecule has 1 saturated heterocycles. The minimum atomic E-state index is -0.269. The van der Waals surface area contributed by atoms with Gasteiger partial charge in [0.05, 0.1) is 24.5 Å². The molecule has 7 heteroatoms. The third-order valence-corrected chi connectivity index (χ3v) is 4.91. The predicted molar refractivity (Wildman–Crippen MR) is 85.0 cm³/mol. The Balaban J connectivity index is 1.73. The van der Waals surface area contributed by atoms with Crippen LogP contribution in [0.4, 0.5) is 10.5 Å². The Morgan fingerprint density at radius 1 is 1.35 bits per heavy atom. The van der Waals surface area contributed by atoms with E-state index in [9.17, 15) is 9.59 Å². The van der Waals surface area contributed by atoms with Crippen molar-refractivity contribution in [1.82, 2.24) is 14.7 Å². The van der Waals surface area contributed by atoms with Crippen LogP contribution >= 0.6 is 0 Å². The van der Waals surface area contributed by atoms with Crippen molar-refractivity contribution in [3.05, 3.63) is 12.4 Å². The summed E-state index contributed by atoms with van der Waals surface area (Å²) in [7, 11) is 3.47. The maximum atomic E-state index is 12.8. The van der Waals surface area contributed by atoms with Crippen LogP contribution in [-0.4, -0.2) is 52.9 Å². The Hall–Kier alpha value is -1.89. The summed E-state index contributed by atoms with van der Waals surface area (Å²) in [5.41, 5.74) is 0.727. The van der Waals surface area contributed by atoms with Gasteiger partial charge in [-0.1, -0.05) is 12.8 Å². The standard InChI is InChI=1S/C16H24N4O3/c1-18-10-13(9-17-18)19-8-7-15(21)20(16(19)22)11-14(23-2)12-5-3-4-6-12/h9-10,12,14H,3-8,11H2,1-2H3. The minimum Gasteiger partial charge on any atom is -0.379 e. The molecule has 0 N–H and O–H groups in total. The number of nitrogens with zero attached hydrogens (tertiary/aromatic N) is 4. The SMILES string of the molecule is COC(CN1C(=O)CCN(c2cnn(C)c2)C1=O)C1CCCC1. The summed E-state index contributed by atoms with van der Waals surface area (Å²) < 4.78 is 7.25. The van der Waals surface area contributed by atoms with Gasteiger partial charge in [-0.3, -0.25) is 19.3 Å². The molecule has 1 unspecified atom stereocenters. The third kappa shape index (κ3) is 3.24. The first-order valence-corrected chi connectivity index (χ1v) is 8.23. The molecule has 1 atom stereocenters. The van der Waals surface area contributed by atoms with Gasteiger partial charge in [0.15, 0.2) is 0 Å². The van der Waals surface area contributed by atoms with Gasteiger partial charge < -0.3 is 4.74 Å². The average molecular weight is 320 g/mol. The van der Waals surface area contributed by atoms with Gasteiger partial charge in [0.25, 0.3) is 0 Å². The molecule has 0 aromatic carbocycles. The highest BCUT2D eigenvalue weighted by Crippen LogP contribution is 2.30. The largest absolute Gasteiger partial charge is 0.379 e. The zero-order valence-electron chi connectivity index (χ0n) is 13.8. The number of hydrogen-bond donors (Lipinski definition) is 0. The number of anilines is 1. The summed E-state index contributed by atoms with van der Waals surface area (Å²) in [6.45, 7) is 0.747. The first kappa shape index (κ1) is 16.0. The van der Waals surface area contributed by atoms with Crippen LogP contribution in [0.1, 0.15) is 32.1 Å². The molecule has 0 spiro atoms. The molecule has 0 radical (unpaired) electrons. The number of amides is 3. The van der Waals surface area contributed by atoms with E-state index in [-0.39, 0.29) is 18.0 Å². The highest BCUT2D eigenvalue weighted by atomic mass is 16.5. The van der Waals surface area contributed by atoms with Gasteiger partial charge in [0.1, 0.15) is 0 Å². The molecule has 7 nitrogen and oxygen atoms in total. The lowest BCUT2D eigenvalue weighted by atomic mass is 10.00. The minimum absolute atomic E-state index is 0.0701. The van der Waals surface area contributed by atoms with Crippen molar-refractivity contribution in [2.45, 2.75) is 38.2 Å². The van der Waals surface area contributed by atoms with E-state index >= 15 is 0 Å². The lowest BCUT2D eigenvalue weighted by molar-refractivity contribution is -0.130. The predicted octanol–water partition coefficient (Wildman–Crippen LogP) is 1.78. The number of carbonyl (C=O) groups excluding carboxylic acids is 2. The number of aromatic nitrogens is 2. The van der Waals surface area contributed by atoms with Crippen LogP contribution in [0, 0.1) is 5.92 Å². The van der Waals surface area contributed by atoms with Crippen LogP contribution in [-0.2, 0) is 16.6 Å². The molecular formula is C16H24N4O3. The highest BCUT2D eigenvalue weighted by molar-refractivity contribution is 6.05. The van der Waals surface area contributed by atoms with Crippen molar-refractivity contribution < 1.29 is 14.3 Å². The normalized spacial score (nSPS) is 21.3. The second kappa shape index (κ2) is 6.70. The summed E-state index contributed by atoms with van der Waals surface area (Å²) in [6, 6.07) is -0.269. The van der Waals surface area contributed by atoms with Crippen molar-refractivity contribution in [3.63, 3.8) is 0 Å². The van der Waals surface area contributed by atoms with E-state index in [1.807, 2.05) is 7.05 Å². The average Bonchev–Trinajstić information content (AvgIpc) is 3.19. The molecular weight excluding hydrogens is 296 g/mol. The summed E-state index contributed by atoms with van der Waals surface area (Å²) >= 11 is 0. The van der Waals surface area contributed by atoms with E-state index in [0.717, 1.165) is 18.5 Å². The Morgan fingerprint density at radius 3 is 2.70 bits per heavy atom. The number of hydrogen-bond acceptors (Lipinski definition) is 4. The molecule has 1 aliphatic carbocycles. The molecule has 3 amide bonds. The maximum absolute atomic E-state index is 12.8. The zero-order valence-corrected chi connectivity index (χ0v) is 13.8. The van der Waals surface area contributed by atoms with Crippen LogP contribution in [0.2, 0.25) is 0 Å². The van der Waals surface area contributed by atoms with E-state index in [1.54, 1.807) is 29.1 Å². The molecule has 0 bridgehead atoms. The smallest absolute Gasteiger partial charge is 0.331 e. The topological polar surface area (TPSA) is 67.7 Å². The van der Waals surface area contributed by atoms with E-state index in [4.69, 9.17) is 4.74 Å². The monoisotopic (exact) mass is 320 g/mol. The van der Waals surface area contributed by atoms with Crippen molar-refractivity contribution in [2.75, 3.05) is 25.1 Å². The number of methoxy groups -OCH3 is 1. The van der Waals surface area contributed by atoms with Gasteiger partial charge in [0.2, 0.25) is 5.91 Å². The van der Waals surface area contributed by atoms with Crippen LogP contribution in [0.3, 0.4) is 0 Å². The van der Waals surface area contributed by atoms with E-state index in [1.165, 1.54) is 17.7 Å². The van der Waals surface area contributed by atoms with Crippen molar-refractivity contribution >= 4 is 17.6 Å². The molecule has 2 aliphatic rings. The second-order valence-corrected chi connectivity index (χ2v) is 6.38. The highest BCUT2D eigenvalue weighted by Gasteiger charge is 2.37. The Labute approximate surface area is 136 Å². The molecule has 1 aromatic heterocycles. The zero-order chi connectivity index (χ0) is 16.4. The number of imide groups is 1. The summed E-state index contributed by atoms with van der Waals surface area (Å²) in [6.07, 6.45) is 8.33. The lowest BCUT2D eigenvalue weighted by Gasteiger charge is -2.36. The van der Waals surface area contributed by atoms with Gasteiger partial charge in [-0.05, 0) is 18.8 Å². The molecule has 1 aliphatic heterocycles. The van der Waals surface area contributed by atoms with Crippen LogP contribution in [0.15, 0.2) is 12.4 Å². The second-order valence-electron chi connectivity index (χ2n) is 6.38. The Morgan fingerprint density at radius 2 is 2.09 bits per heavy atom. The van der Waals surface area contributed by atoms with Crippen molar-refractivity contribution in [2.24, 2.45) is 13.0 Å². The number of rotatable bonds is 5. The number of carbonyl (C=O) groups is 2. The Bertz CT molecular complexity index is 580. The third-order valence-electron chi connectivity index (χ3n) is 4.91. The fraction of sp³-hybridized carbons (Fsp3) is 0.688. The molecule has 1 saturated carbocycles. The fourth-order valence-electron chi connectivity index (χ4n) is 3.58. The number of aryl methyl sites for hydroxylation is 1. The van der Waals surface area contributed by atoms with E-state index < -0.39 is 0 Å². The summed E-state index contributed by atoms with van der Waals surface area (Å²) in [4.78, 5) is 28.0. The summed E-state index contributed by atoms with van der Waals surface area (Å²) in [5, 5.41) is 4.11. The molecule has 1 aromatic rings. The van der Waals surface area contributed by atoms with Gasteiger partial charge in [-0.15, -0.1) is 0 Å². The molecule has 2 fully saturated rings. The van der Waals surface area contributed by atoms with Gasteiger partial charge in [-0.2, -0.15) is 5.10 Å². The molecule has 23 heavy (non-hydrogen) atoms. The summed E-state index contributed by atoms with van der Waals surface area (Å²) in [5.74, 6) is 0.324. The van der Waals surface area contributed by atoms with Crippen LogP contribution in [0.5, 0.6) is 0 Å². The first-order valence-electron chi connectivity index (χ1n) is 8.23. The maximum Gasteiger partial charge on any atom is 0.331 e. The van der Waals surface area contributed by atoms with Gasteiger partial charge in [0, 0.05) is 33.3 Å². The fourth-order valence-corrected chi connectivity index (χ4v) is 3.58. The quantitative estimate of drug-likeness (QED) is 0.829. The van der Waals surface area contributed by atoms with E-state index in [0.29, 0.717) is 25.4 Å². The molecule has 126 valence electrons. The lowest BCUT2D eigenvalue weighted by Crippen LogP contribution is -2.55. The van der Waals surface area contributed by atoms with Crippen LogP contribution < -0.4 is 4.90 Å². The number of urea groups is 1. The van der Waals surface area contributed by atoms with Crippen molar-refractivity contribution in [3.8, 4) is 0 Å².